The standard InChI is InChI=1S/C54H35NO/c1-3-17-44-37(12-1)14-10-22-45(44)40-16-9-15-39(34-40)36-26-30-42(31-27-36)55(52-35-41-13-2-4-18-46(41)48-19-5-6-20-49(48)52)43-32-28-38(29-33-43)47-23-11-24-51-50-21-7-8-25-53(50)56-54(47)51/h1-35H. The van der Waals surface area contributed by atoms with Crippen molar-refractivity contribution in [3.05, 3.63) is 212 Å². The molecule has 1 heterocycles. The van der Waals surface area contributed by atoms with Gasteiger partial charge in [0, 0.05) is 33.1 Å². The molecule has 11 rings (SSSR count). The summed E-state index contributed by atoms with van der Waals surface area (Å²) in [6.07, 6.45) is 0. The molecule has 0 saturated carbocycles. The molecule has 0 fully saturated rings. The fourth-order valence-electron chi connectivity index (χ4n) is 8.56. The average Bonchev–Trinajstić information content (AvgIpc) is 3.66. The Kier molecular flexibility index (Phi) is 7.53. The van der Waals surface area contributed by atoms with Gasteiger partial charge in [-0.15, -0.1) is 0 Å². The summed E-state index contributed by atoms with van der Waals surface area (Å²) in [6, 6.07) is 76.5. The van der Waals surface area contributed by atoms with Crippen LogP contribution in [0.4, 0.5) is 17.1 Å². The van der Waals surface area contributed by atoms with E-state index in [-0.39, 0.29) is 0 Å². The van der Waals surface area contributed by atoms with Crippen LogP contribution in [-0.2, 0) is 0 Å². The lowest BCUT2D eigenvalue weighted by molar-refractivity contribution is 0.670. The summed E-state index contributed by atoms with van der Waals surface area (Å²) in [5.74, 6) is 0. The zero-order valence-corrected chi connectivity index (χ0v) is 30.6. The summed E-state index contributed by atoms with van der Waals surface area (Å²) in [5, 5.41) is 9.69. The summed E-state index contributed by atoms with van der Waals surface area (Å²) < 4.78 is 6.43. The SMILES string of the molecule is c1cc(-c2ccc(N(c3ccc(-c4cccc5c4oc4ccccc45)cc3)c3cc4ccccc4c4ccccc34)cc2)cc(-c2cccc3ccccc23)c1. The summed E-state index contributed by atoms with van der Waals surface area (Å²) in [5.41, 5.74) is 12.2. The molecule has 0 radical (unpaired) electrons. The molecule has 0 spiro atoms. The Hall–Kier alpha value is -7.42. The molecule has 2 heteroatoms. The zero-order chi connectivity index (χ0) is 37.0. The second-order valence-electron chi connectivity index (χ2n) is 14.5. The van der Waals surface area contributed by atoms with E-state index in [2.05, 4.69) is 205 Å². The number of para-hydroxylation sites is 2. The maximum absolute atomic E-state index is 6.43. The summed E-state index contributed by atoms with van der Waals surface area (Å²) >= 11 is 0. The molecule has 56 heavy (non-hydrogen) atoms. The summed E-state index contributed by atoms with van der Waals surface area (Å²) in [4.78, 5) is 2.40. The molecular formula is C54H35NO. The molecule has 0 aliphatic rings. The number of fused-ring (bicyclic) bond motifs is 7. The number of rotatable bonds is 6. The Balaban J connectivity index is 1.03. The number of benzene rings is 10. The highest BCUT2D eigenvalue weighted by molar-refractivity contribution is 6.15. The Bertz CT molecular complexity index is 3240. The van der Waals surface area contributed by atoms with Gasteiger partial charge in [-0.2, -0.15) is 0 Å². The Morgan fingerprint density at radius 1 is 0.304 bits per heavy atom. The molecule has 1 aromatic heterocycles. The van der Waals surface area contributed by atoms with Crippen molar-refractivity contribution < 1.29 is 4.42 Å². The number of anilines is 3. The first kappa shape index (κ1) is 32.0. The normalized spacial score (nSPS) is 11.6. The van der Waals surface area contributed by atoms with Crippen LogP contribution in [-0.4, -0.2) is 0 Å². The highest BCUT2D eigenvalue weighted by atomic mass is 16.3. The highest BCUT2D eigenvalue weighted by Crippen LogP contribution is 2.44. The van der Waals surface area contributed by atoms with Crippen molar-refractivity contribution >= 4 is 71.3 Å². The van der Waals surface area contributed by atoms with Gasteiger partial charge in [0.05, 0.1) is 5.69 Å². The predicted octanol–water partition coefficient (Wildman–Crippen LogP) is 15.5. The maximum atomic E-state index is 6.43. The zero-order valence-electron chi connectivity index (χ0n) is 30.6. The van der Waals surface area contributed by atoms with Crippen LogP contribution in [0, 0.1) is 0 Å². The van der Waals surface area contributed by atoms with Crippen LogP contribution in [0.5, 0.6) is 0 Å². The Morgan fingerprint density at radius 2 is 0.857 bits per heavy atom. The fraction of sp³-hybridized carbons (Fsp3) is 0. The van der Waals surface area contributed by atoms with E-state index >= 15 is 0 Å². The van der Waals surface area contributed by atoms with Gasteiger partial charge >= 0.3 is 0 Å². The van der Waals surface area contributed by atoms with E-state index in [1.807, 2.05) is 12.1 Å². The van der Waals surface area contributed by atoms with Gasteiger partial charge in [-0.05, 0) is 97.2 Å². The van der Waals surface area contributed by atoms with Crippen LogP contribution in [0.3, 0.4) is 0 Å². The van der Waals surface area contributed by atoms with Gasteiger partial charge in [0.1, 0.15) is 11.2 Å². The van der Waals surface area contributed by atoms with Crippen LogP contribution in [0.15, 0.2) is 217 Å². The molecule has 0 saturated heterocycles. The van der Waals surface area contributed by atoms with Crippen molar-refractivity contribution in [2.45, 2.75) is 0 Å². The smallest absolute Gasteiger partial charge is 0.143 e. The van der Waals surface area contributed by atoms with Gasteiger partial charge in [0.25, 0.3) is 0 Å². The van der Waals surface area contributed by atoms with Gasteiger partial charge in [0.15, 0.2) is 0 Å². The van der Waals surface area contributed by atoms with Crippen molar-refractivity contribution in [1.29, 1.82) is 0 Å². The minimum Gasteiger partial charge on any atom is -0.455 e. The van der Waals surface area contributed by atoms with Crippen molar-refractivity contribution in [3.63, 3.8) is 0 Å². The molecule has 0 atom stereocenters. The molecule has 262 valence electrons. The third-order valence-corrected chi connectivity index (χ3v) is 11.2. The van der Waals surface area contributed by atoms with E-state index in [0.29, 0.717) is 0 Å². The third-order valence-electron chi connectivity index (χ3n) is 11.2. The van der Waals surface area contributed by atoms with E-state index in [1.165, 1.54) is 54.6 Å². The van der Waals surface area contributed by atoms with Crippen LogP contribution >= 0.6 is 0 Å². The van der Waals surface area contributed by atoms with Gasteiger partial charge in [-0.3, -0.25) is 0 Å². The monoisotopic (exact) mass is 713 g/mol. The fourth-order valence-corrected chi connectivity index (χ4v) is 8.56. The van der Waals surface area contributed by atoms with Crippen molar-refractivity contribution in [1.82, 2.24) is 0 Å². The van der Waals surface area contributed by atoms with E-state index < -0.39 is 0 Å². The number of hydrogen-bond acceptors (Lipinski definition) is 2. The minimum absolute atomic E-state index is 0.907. The van der Waals surface area contributed by atoms with E-state index in [0.717, 1.165) is 50.1 Å². The molecule has 0 amide bonds. The quantitative estimate of drug-likeness (QED) is 0.160. The Labute approximate surface area is 325 Å². The van der Waals surface area contributed by atoms with Gasteiger partial charge < -0.3 is 9.32 Å². The third kappa shape index (κ3) is 5.34. The van der Waals surface area contributed by atoms with Crippen molar-refractivity contribution in [2.24, 2.45) is 0 Å². The minimum atomic E-state index is 0.907. The van der Waals surface area contributed by atoms with Crippen LogP contribution in [0.25, 0.3) is 87.6 Å². The van der Waals surface area contributed by atoms with Crippen LogP contribution < -0.4 is 4.90 Å². The molecular weight excluding hydrogens is 679 g/mol. The average molecular weight is 714 g/mol. The number of furan rings is 1. The van der Waals surface area contributed by atoms with Crippen LogP contribution in [0.2, 0.25) is 0 Å². The van der Waals surface area contributed by atoms with E-state index in [9.17, 15) is 0 Å². The molecule has 11 aromatic rings. The summed E-state index contributed by atoms with van der Waals surface area (Å²) in [7, 11) is 0. The molecule has 10 aromatic carbocycles. The van der Waals surface area contributed by atoms with Crippen LogP contribution in [0.1, 0.15) is 0 Å². The molecule has 0 bridgehead atoms. The Morgan fingerprint density at radius 3 is 1.66 bits per heavy atom. The lowest BCUT2D eigenvalue weighted by Gasteiger charge is -2.28. The lowest BCUT2D eigenvalue weighted by Crippen LogP contribution is -2.10. The van der Waals surface area contributed by atoms with Crippen molar-refractivity contribution in [3.8, 4) is 33.4 Å². The number of hydrogen-bond donors (Lipinski definition) is 0. The van der Waals surface area contributed by atoms with E-state index in [1.54, 1.807) is 0 Å². The number of nitrogens with zero attached hydrogens (tertiary/aromatic N) is 1. The van der Waals surface area contributed by atoms with Gasteiger partial charge in [-0.25, -0.2) is 0 Å². The van der Waals surface area contributed by atoms with E-state index in [4.69, 9.17) is 4.42 Å². The van der Waals surface area contributed by atoms with Gasteiger partial charge in [0.2, 0.25) is 0 Å². The molecule has 0 N–H and O–H groups in total. The highest BCUT2D eigenvalue weighted by Gasteiger charge is 2.19. The van der Waals surface area contributed by atoms with Gasteiger partial charge in [-0.1, -0.05) is 170 Å². The molecule has 0 aliphatic heterocycles. The first-order valence-corrected chi connectivity index (χ1v) is 19.2. The molecule has 2 nitrogen and oxygen atoms in total. The van der Waals surface area contributed by atoms with Crippen molar-refractivity contribution in [2.75, 3.05) is 4.90 Å². The topological polar surface area (TPSA) is 16.4 Å². The summed E-state index contributed by atoms with van der Waals surface area (Å²) in [6.45, 7) is 0. The first-order chi connectivity index (χ1) is 27.8. The molecule has 0 unspecified atom stereocenters. The largest absolute Gasteiger partial charge is 0.455 e. The second-order valence-corrected chi connectivity index (χ2v) is 14.5. The lowest BCUT2D eigenvalue weighted by atomic mass is 9.95. The maximum Gasteiger partial charge on any atom is 0.143 e. The predicted molar refractivity (Wildman–Crippen MR) is 237 cm³/mol. The molecule has 0 aliphatic carbocycles. The second kappa shape index (κ2) is 13.2. The first-order valence-electron chi connectivity index (χ1n) is 19.2.